The first-order valence-corrected chi connectivity index (χ1v) is 15.5. The number of para-hydroxylation sites is 1. The normalized spacial score (nSPS) is 11.0. The molecule has 0 spiro atoms. The largest absolute Gasteiger partial charge is 0.496 e. The standard InChI is InChI=1S/C36H48N4O3/c1-9-12-22-40-23-20-30(31-24-27(18-19-32(31)43-8)15-14-21-39(10-2)11-3)34(35(40)41)38-36(42)37-33-28(25(4)5)16-13-17-29(33)26(6)7/h13,16-20,23-26H,9-12,21-22H2,1-8H3,(H2,37,38,42). The Morgan fingerprint density at radius 2 is 1.58 bits per heavy atom. The quantitative estimate of drug-likeness (QED) is 0.212. The van der Waals surface area contributed by atoms with Crippen LogP contribution in [-0.2, 0) is 6.54 Å². The van der Waals surface area contributed by atoms with Crippen LogP contribution in [0, 0.1) is 11.8 Å². The number of pyridine rings is 1. The summed E-state index contributed by atoms with van der Waals surface area (Å²) < 4.78 is 7.37. The molecule has 43 heavy (non-hydrogen) atoms. The minimum atomic E-state index is -0.462. The molecule has 0 aliphatic rings. The van der Waals surface area contributed by atoms with Crippen molar-refractivity contribution >= 4 is 17.4 Å². The van der Waals surface area contributed by atoms with Crippen LogP contribution in [0.2, 0.25) is 0 Å². The first kappa shape index (κ1) is 33.5. The van der Waals surface area contributed by atoms with Crippen LogP contribution in [0.5, 0.6) is 5.75 Å². The summed E-state index contributed by atoms with van der Waals surface area (Å²) in [4.78, 5) is 29.7. The van der Waals surface area contributed by atoms with Gasteiger partial charge in [0, 0.05) is 35.1 Å². The first-order chi connectivity index (χ1) is 20.6. The molecule has 7 heteroatoms. The molecule has 2 N–H and O–H groups in total. The molecule has 0 atom stereocenters. The molecule has 2 amide bonds. The summed E-state index contributed by atoms with van der Waals surface area (Å²) in [7, 11) is 1.60. The highest BCUT2D eigenvalue weighted by Gasteiger charge is 2.20. The number of carbonyl (C=O) groups is 1. The van der Waals surface area contributed by atoms with Gasteiger partial charge in [0.25, 0.3) is 5.56 Å². The van der Waals surface area contributed by atoms with Gasteiger partial charge in [0.05, 0.1) is 13.7 Å². The fourth-order valence-corrected chi connectivity index (χ4v) is 5.07. The summed E-state index contributed by atoms with van der Waals surface area (Å²) in [6.45, 7) is 17.9. The van der Waals surface area contributed by atoms with Gasteiger partial charge in [-0.05, 0) is 66.7 Å². The van der Waals surface area contributed by atoms with Crippen LogP contribution in [0.1, 0.15) is 89.8 Å². The van der Waals surface area contributed by atoms with Crippen molar-refractivity contribution in [3.8, 4) is 28.7 Å². The van der Waals surface area contributed by atoms with E-state index in [1.807, 2.05) is 42.5 Å². The number of rotatable bonds is 12. The zero-order valence-corrected chi connectivity index (χ0v) is 27.1. The topological polar surface area (TPSA) is 75.6 Å². The predicted octanol–water partition coefficient (Wildman–Crippen LogP) is 7.91. The Kier molecular flexibility index (Phi) is 12.5. The van der Waals surface area contributed by atoms with Crippen molar-refractivity contribution in [2.24, 2.45) is 0 Å². The van der Waals surface area contributed by atoms with E-state index in [2.05, 4.69) is 75.8 Å². The number of nitrogens with zero attached hydrogens (tertiary/aromatic N) is 2. The number of urea groups is 1. The molecule has 230 valence electrons. The minimum absolute atomic E-state index is 0.204. The average Bonchev–Trinajstić information content (AvgIpc) is 2.99. The van der Waals surface area contributed by atoms with Crippen LogP contribution in [-0.4, -0.2) is 42.2 Å². The SMILES string of the molecule is CCCCn1ccc(-c2cc(C#CCN(CC)CC)ccc2OC)c(NC(=O)Nc2c(C(C)C)cccc2C(C)C)c1=O. The third-order valence-corrected chi connectivity index (χ3v) is 7.69. The summed E-state index contributed by atoms with van der Waals surface area (Å²) in [5.41, 5.74) is 4.91. The van der Waals surface area contributed by atoms with E-state index in [1.165, 1.54) is 0 Å². The Bertz CT molecular complexity index is 1480. The first-order valence-electron chi connectivity index (χ1n) is 15.5. The van der Waals surface area contributed by atoms with Gasteiger partial charge in [-0.25, -0.2) is 4.79 Å². The fourth-order valence-electron chi connectivity index (χ4n) is 5.07. The molecule has 2 aromatic carbocycles. The molecule has 0 radical (unpaired) electrons. The molecule has 0 saturated carbocycles. The van der Waals surface area contributed by atoms with E-state index in [9.17, 15) is 9.59 Å². The molecular formula is C36H48N4O3. The number of benzene rings is 2. The van der Waals surface area contributed by atoms with Crippen molar-refractivity contribution in [3.63, 3.8) is 0 Å². The molecular weight excluding hydrogens is 536 g/mol. The number of unbranched alkanes of at least 4 members (excludes halogenated alkanes) is 1. The molecule has 1 aromatic heterocycles. The zero-order valence-electron chi connectivity index (χ0n) is 27.1. The fraction of sp³-hybridized carbons (Fsp3) is 0.444. The number of hydrogen-bond donors (Lipinski definition) is 2. The average molecular weight is 585 g/mol. The smallest absolute Gasteiger partial charge is 0.323 e. The van der Waals surface area contributed by atoms with Crippen LogP contribution >= 0.6 is 0 Å². The van der Waals surface area contributed by atoms with Crippen molar-refractivity contribution in [3.05, 3.63) is 75.7 Å². The molecule has 7 nitrogen and oxygen atoms in total. The lowest BCUT2D eigenvalue weighted by molar-refractivity contribution is 0.262. The van der Waals surface area contributed by atoms with Crippen molar-refractivity contribution < 1.29 is 9.53 Å². The molecule has 1 heterocycles. The van der Waals surface area contributed by atoms with Crippen molar-refractivity contribution in [1.82, 2.24) is 9.47 Å². The van der Waals surface area contributed by atoms with Gasteiger partial charge in [-0.2, -0.15) is 0 Å². The van der Waals surface area contributed by atoms with Crippen LogP contribution in [0.3, 0.4) is 0 Å². The van der Waals surface area contributed by atoms with Crippen LogP contribution in [0.4, 0.5) is 16.2 Å². The summed E-state index contributed by atoms with van der Waals surface area (Å²) in [5, 5.41) is 6.03. The number of ether oxygens (including phenoxy) is 1. The Hall–Kier alpha value is -4.02. The maximum atomic E-state index is 13.9. The van der Waals surface area contributed by atoms with E-state index >= 15 is 0 Å². The molecule has 0 fully saturated rings. The monoisotopic (exact) mass is 584 g/mol. The van der Waals surface area contributed by atoms with Gasteiger partial charge in [-0.15, -0.1) is 0 Å². The molecule has 0 aliphatic carbocycles. The van der Waals surface area contributed by atoms with E-state index in [0.29, 0.717) is 30.0 Å². The van der Waals surface area contributed by atoms with Gasteiger partial charge in [-0.1, -0.05) is 84.9 Å². The third kappa shape index (κ3) is 8.52. The molecule has 0 unspecified atom stereocenters. The van der Waals surface area contributed by atoms with Crippen LogP contribution in [0.25, 0.3) is 11.1 Å². The Morgan fingerprint density at radius 1 is 0.930 bits per heavy atom. The highest BCUT2D eigenvalue weighted by atomic mass is 16.5. The van der Waals surface area contributed by atoms with Crippen molar-refractivity contribution in [1.29, 1.82) is 0 Å². The van der Waals surface area contributed by atoms with Crippen molar-refractivity contribution in [2.75, 3.05) is 37.4 Å². The molecule has 0 aliphatic heterocycles. The summed E-state index contributed by atoms with van der Waals surface area (Å²) >= 11 is 0. The van der Waals surface area contributed by atoms with E-state index in [4.69, 9.17) is 4.74 Å². The molecule has 3 rings (SSSR count). The lowest BCUT2D eigenvalue weighted by Gasteiger charge is -2.21. The van der Waals surface area contributed by atoms with Gasteiger partial charge in [0.15, 0.2) is 0 Å². The third-order valence-electron chi connectivity index (χ3n) is 7.69. The second-order valence-corrected chi connectivity index (χ2v) is 11.3. The maximum absolute atomic E-state index is 13.9. The minimum Gasteiger partial charge on any atom is -0.496 e. The summed E-state index contributed by atoms with van der Waals surface area (Å²) in [5.74, 6) is 7.53. The van der Waals surface area contributed by atoms with Gasteiger partial charge in [-0.3, -0.25) is 9.69 Å². The van der Waals surface area contributed by atoms with Gasteiger partial charge >= 0.3 is 6.03 Å². The number of methoxy groups -OCH3 is 1. The van der Waals surface area contributed by atoms with E-state index in [0.717, 1.165) is 48.3 Å². The Morgan fingerprint density at radius 3 is 2.16 bits per heavy atom. The van der Waals surface area contributed by atoms with E-state index in [1.54, 1.807) is 17.9 Å². The zero-order chi connectivity index (χ0) is 31.5. The molecule has 3 aromatic rings. The highest BCUT2D eigenvalue weighted by Crippen LogP contribution is 2.35. The predicted molar refractivity (Wildman–Crippen MR) is 180 cm³/mol. The number of aromatic nitrogens is 1. The number of hydrogen-bond acceptors (Lipinski definition) is 4. The summed E-state index contributed by atoms with van der Waals surface area (Å²) in [6.07, 6.45) is 3.59. The van der Waals surface area contributed by atoms with E-state index in [-0.39, 0.29) is 23.1 Å². The van der Waals surface area contributed by atoms with Gasteiger partial charge in [0.2, 0.25) is 0 Å². The lowest BCUT2D eigenvalue weighted by atomic mass is 9.93. The number of anilines is 2. The molecule has 0 bridgehead atoms. The van der Waals surface area contributed by atoms with Gasteiger partial charge in [0.1, 0.15) is 11.4 Å². The number of aryl methyl sites for hydroxylation is 1. The number of carbonyl (C=O) groups excluding carboxylic acids is 1. The van der Waals surface area contributed by atoms with Crippen LogP contribution < -0.4 is 20.9 Å². The van der Waals surface area contributed by atoms with Crippen LogP contribution in [0.15, 0.2) is 53.5 Å². The highest BCUT2D eigenvalue weighted by molar-refractivity contribution is 6.03. The Balaban J connectivity index is 2.10. The second-order valence-electron chi connectivity index (χ2n) is 11.3. The maximum Gasteiger partial charge on any atom is 0.323 e. The second kappa shape index (κ2) is 16.0. The van der Waals surface area contributed by atoms with E-state index < -0.39 is 6.03 Å². The number of amides is 2. The van der Waals surface area contributed by atoms with Crippen molar-refractivity contribution in [2.45, 2.75) is 79.7 Å². The lowest BCUT2D eigenvalue weighted by Crippen LogP contribution is -2.29. The van der Waals surface area contributed by atoms with Gasteiger partial charge < -0.3 is 19.9 Å². The Labute approximate surface area is 257 Å². The molecule has 0 saturated heterocycles. The number of nitrogens with one attached hydrogen (secondary N) is 2. The summed E-state index contributed by atoms with van der Waals surface area (Å²) in [6, 6.07) is 13.2.